The van der Waals surface area contributed by atoms with Crippen LogP contribution in [0, 0.1) is 0 Å². The van der Waals surface area contributed by atoms with E-state index in [-0.39, 0.29) is 18.0 Å². The fourth-order valence-corrected chi connectivity index (χ4v) is 3.04. The summed E-state index contributed by atoms with van der Waals surface area (Å²) in [5.74, 6) is -0.0838. The van der Waals surface area contributed by atoms with E-state index in [4.69, 9.17) is 0 Å². The minimum Gasteiger partial charge on any atom is -0.348 e. The van der Waals surface area contributed by atoms with Crippen LogP contribution in [0.2, 0.25) is 0 Å². The summed E-state index contributed by atoms with van der Waals surface area (Å²) in [6.45, 7) is 1.29. The van der Waals surface area contributed by atoms with Crippen molar-refractivity contribution in [3.05, 3.63) is 48.0 Å². The molecule has 2 aromatic rings. The normalized spacial score (nSPS) is 17.8. The van der Waals surface area contributed by atoms with Crippen molar-refractivity contribution in [2.45, 2.75) is 18.9 Å². The topological polar surface area (TPSA) is 61.4 Å². The van der Waals surface area contributed by atoms with E-state index < -0.39 is 0 Å². The van der Waals surface area contributed by atoms with Crippen LogP contribution in [-0.2, 0) is 0 Å². The number of hydrogen-bond acceptors (Lipinski definition) is 2. The Labute approximate surface area is 135 Å². The van der Waals surface area contributed by atoms with Gasteiger partial charge in [-0.15, -0.1) is 0 Å². The van der Waals surface area contributed by atoms with Crippen molar-refractivity contribution in [1.82, 2.24) is 15.5 Å². The summed E-state index contributed by atoms with van der Waals surface area (Å²) < 4.78 is 0. The molecule has 0 spiro atoms. The monoisotopic (exact) mass is 311 g/mol. The molecular weight excluding hydrogens is 290 g/mol. The van der Waals surface area contributed by atoms with E-state index in [2.05, 4.69) is 10.6 Å². The van der Waals surface area contributed by atoms with Crippen molar-refractivity contribution in [2.75, 3.05) is 20.1 Å². The van der Waals surface area contributed by atoms with Gasteiger partial charge in [0.25, 0.3) is 5.91 Å². The third-order valence-electron chi connectivity index (χ3n) is 4.27. The summed E-state index contributed by atoms with van der Waals surface area (Å²) >= 11 is 0. The molecule has 1 saturated heterocycles. The van der Waals surface area contributed by atoms with E-state index in [0.717, 1.165) is 30.2 Å². The SMILES string of the molecule is CNC(=O)N1CCCC(NC(=O)c2ccc3ccccc3c2)C1. The highest BCUT2D eigenvalue weighted by atomic mass is 16.2. The number of urea groups is 1. The first-order valence-electron chi connectivity index (χ1n) is 7.93. The van der Waals surface area contributed by atoms with Crippen LogP contribution in [0.4, 0.5) is 4.79 Å². The summed E-state index contributed by atoms with van der Waals surface area (Å²) in [5, 5.41) is 7.85. The Morgan fingerprint density at radius 2 is 1.91 bits per heavy atom. The van der Waals surface area contributed by atoms with Gasteiger partial charge in [0.2, 0.25) is 0 Å². The number of fused-ring (bicyclic) bond motifs is 1. The number of amides is 3. The van der Waals surface area contributed by atoms with E-state index in [1.54, 1.807) is 11.9 Å². The molecule has 1 atom stereocenters. The van der Waals surface area contributed by atoms with Crippen LogP contribution in [-0.4, -0.2) is 43.0 Å². The van der Waals surface area contributed by atoms with E-state index in [9.17, 15) is 9.59 Å². The molecule has 1 fully saturated rings. The van der Waals surface area contributed by atoms with Crippen molar-refractivity contribution < 1.29 is 9.59 Å². The van der Waals surface area contributed by atoms with Crippen molar-refractivity contribution in [3.63, 3.8) is 0 Å². The van der Waals surface area contributed by atoms with Crippen molar-refractivity contribution in [3.8, 4) is 0 Å². The van der Waals surface area contributed by atoms with Gasteiger partial charge >= 0.3 is 6.03 Å². The van der Waals surface area contributed by atoms with Crippen LogP contribution >= 0.6 is 0 Å². The molecule has 120 valence electrons. The van der Waals surface area contributed by atoms with Gasteiger partial charge < -0.3 is 15.5 Å². The maximum Gasteiger partial charge on any atom is 0.317 e. The Hall–Kier alpha value is -2.56. The van der Waals surface area contributed by atoms with Crippen molar-refractivity contribution in [1.29, 1.82) is 0 Å². The minimum absolute atomic E-state index is 0.0000188. The zero-order valence-electron chi connectivity index (χ0n) is 13.2. The molecule has 1 heterocycles. The predicted molar refractivity (Wildman–Crippen MR) is 90.5 cm³/mol. The first-order chi connectivity index (χ1) is 11.2. The lowest BCUT2D eigenvalue weighted by atomic mass is 10.0. The van der Waals surface area contributed by atoms with E-state index in [1.165, 1.54) is 0 Å². The molecule has 2 aromatic carbocycles. The Bertz CT molecular complexity index is 729. The van der Waals surface area contributed by atoms with Gasteiger partial charge in [0, 0.05) is 31.7 Å². The van der Waals surface area contributed by atoms with Gasteiger partial charge in [-0.2, -0.15) is 0 Å². The number of benzene rings is 2. The fourth-order valence-electron chi connectivity index (χ4n) is 3.04. The van der Waals surface area contributed by atoms with E-state index in [1.807, 2.05) is 42.5 Å². The fraction of sp³-hybridized carbons (Fsp3) is 0.333. The summed E-state index contributed by atoms with van der Waals surface area (Å²) in [6, 6.07) is 13.6. The van der Waals surface area contributed by atoms with E-state index in [0.29, 0.717) is 12.1 Å². The third kappa shape index (κ3) is 3.44. The Kier molecular flexibility index (Phi) is 4.46. The van der Waals surface area contributed by atoms with Gasteiger partial charge in [0.1, 0.15) is 0 Å². The second kappa shape index (κ2) is 6.69. The molecule has 3 rings (SSSR count). The molecule has 0 saturated carbocycles. The molecular formula is C18H21N3O2. The lowest BCUT2D eigenvalue weighted by Crippen LogP contribution is -2.51. The smallest absolute Gasteiger partial charge is 0.317 e. The maximum atomic E-state index is 12.5. The first kappa shape index (κ1) is 15.3. The quantitative estimate of drug-likeness (QED) is 0.894. The van der Waals surface area contributed by atoms with Crippen molar-refractivity contribution in [2.24, 2.45) is 0 Å². The maximum absolute atomic E-state index is 12.5. The highest BCUT2D eigenvalue weighted by molar-refractivity contribution is 5.98. The standard InChI is InChI=1S/C18H21N3O2/c1-19-18(23)21-10-4-7-16(12-21)20-17(22)15-9-8-13-5-2-3-6-14(13)11-15/h2-3,5-6,8-9,11,16H,4,7,10,12H2,1H3,(H,19,23)(H,20,22). The van der Waals surface area contributed by atoms with E-state index >= 15 is 0 Å². The van der Waals surface area contributed by atoms with Crippen LogP contribution < -0.4 is 10.6 Å². The van der Waals surface area contributed by atoms with Crippen molar-refractivity contribution >= 4 is 22.7 Å². The molecule has 3 amide bonds. The molecule has 0 aromatic heterocycles. The molecule has 1 aliphatic rings. The van der Waals surface area contributed by atoms with Gasteiger partial charge in [-0.25, -0.2) is 4.79 Å². The lowest BCUT2D eigenvalue weighted by molar-refractivity contribution is 0.0911. The molecule has 0 radical (unpaired) electrons. The molecule has 23 heavy (non-hydrogen) atoms. The molecule has 2 N–H and O–H groups in total. The summed E-state index contributed by atoms with van der Waals surface area (Å²) in [6.07, 6.45) is 1.79. The number of likely N-dealkylation sites (tertiary alicyclic amines) is 1. The summed E-state index contributed by atoms with van der Waals surface area (Å²) in [5.41, 5.74) is 0.653. The molecule has 0 aliphatic carbocycles. The zero-order valence-corrected chi connectivity index (χ0v) is 13.2. The third-order valence-corrected chi connectivity index (χ3v) is 4.27. The van der Waals surface area contributed by atoms with Crippen LogP contribution in [0.15, 0.2) is 42.5 Å². The highest BCUT2D eigenvalue weighted by Crippen LogP contribution is 2.16. The molecule has 5 nitrogen and oxygen atoms in total. The minimum atomic E-state index is -0.0883. The Morgan fingerprint density at radius 3 is 2.70 bits per heavy atom. The van der Waals surface area contributed by atoms with Gasteiger partial charge in [-0.1, -0.05) is 30.3 Å². The van der Waals surface area contributed by atoms with Gasteiger partial charge in [-0.05, 0) is 35.7 Å². The number of carbonyl (C=O) groups is 2. The second-order valence-corrected chi connectivity index (χ2v) is 5.88. The van der Waals surface area contributed by atoms with Crippen LogP contribution in [0.25, 0.3) is 10.8 Å². The predicted octanol–water partition coefficient (Wildman–Crippen LogP) is 2.37. The second-order valence-electron chi connectivity index (χ2n) is 5.88. The number of nitrogens with zero attached hydrogens (tertiary/aromatic N) is 1. The number of hydrogen-bond donors (Lipinski definition) is 2. The average molecular weight is 311 g/mol. The Morgan fingerprint density at radius 1 is 1.13 bits per heavy atom. The van der Waals surface area contributed by atoms with Gasteiger partial charge in [0.15, 0.2) is 0 Å². The summed E-state index contributed by atoms with van der Waals surface area (Å²) in [7, 11) is 1.62. The van der Waals surface area contributed by atoms with Gasteiger partial charge in [0.05, 0.1) is 0 Å². The average Bonchev–Trinajstić information content (AvgIpc) is 2.60. The largest absolute Gasteiger partial charge is 0.348 e. The molecule has 0 bridgehead atoms. The zero-order chi connectivity index (χ0) is 16.2. The number of rotatable bonds is 2. The molecule has 1 unspecified atom stereocenters. The highest BCUT2D eigenvalue weighted by Gasteiger charge is 2.24. The van der Waals surface area contributed by atoms with Crippen LogP contribution in [0.5, 0.6) is 0 Å². The number of piperidine rings is 1. The van der Waals surface area contributed by atoms with Gasteiger partial charge in [-0.3, -0.25) is 4.79 Å². The number of carbonyl (C=O) groups excluding carboxylic acids is 2. The van der Waals surface area contributed by atoms with Crippen LogP contribution in [0.1, 0.15) is 23.2 Å². The molecule has 5 heteroatoms. The first-order valence-corrected chi connectivity index (χ1v) is 7.93. The Balaban J connectivity index is 1.69. The molecule has 1 aliphatic heterocycles. The van der Waals surface area contributed by atoms with Crippen LogP contribution in [0.3, 0.4) is 0 Å². The summed E-state index contributed by atoms with van der Waals surface area (Å²) in [4.78, 5) is 25.9. The lowest BCUT2D eigenvalue weighted by Gasteiger charge is -2.32. The number of nitrogens with one attached hydrogen (secondary N) is 2.